The maximum atomic E-state index is 3.37. The molecule has 1 nitrogen and oxygen atoms in total. The van der Waals surface area contributed by atoms with Crippen LogP contribution in [0.25, 0.3) is 0 Å². The lowest BCUT2D eigenvalue weighted by Gasteiger charge is -2.17. The molecule has 0 spiro atoms. The van der Waals surface area contributed by atoms with E-state index < -0.39 is 0 Å². The molecule has 1 aromatic rings. The largest absolute Gasteiger partial charge is 0.316 e. The van der Waals surface area contributed by atoms with E-state index in [2.05, 4.69) is 29.3 Å². The Balaban J connectivity index is 1.99. The van der Waals surface area contributed by atoms with Crippen molar-refractivity contribution in [3.63, 3.8) is 0 Å². The van der Waals surface area contributed by atoms with Crippen molar-refractivity contribution < 1.29 is 0 Å². The van der Waals surface area contributed by atoms with E-state index in [1.807, 2.05) is 18.2 Å². The van der Waals surface area contributed by atoms with Crippen LogP contribution >= 0.6 is 0 Å². The van der Waals surface area contributed by atoms with Crippen LogP contribution in [-0.4, -0.2) is 13.1 Å². The molecule has 0 amide bonds. The summed E-state index contributed by atoms with van der Waals surface area (Å²) in [5, 5.41) is 3.37. The summed E-state index contributed by atoms with van der Waals surface area (Å²) in [6.45, 7) is 2.21. The van der Waals surface area contributed by atoms with E-state index in [-0.39, 0.29) is 0 Å². The Bertz CT molecular complexity index is 325. The van der Waals surface area contributed by atoms with Gasteiger partial charge < -0.3 is 5.32 Å². The summed E-state index contributed by atoms with van der Waals surface area (Å²) in [4.78, 5) is 0. The number of rotatable bonds is 0. The molecule has 1 atom stereocenters. The average Bonchev–Trinajstić information content (AvgIpc) is 2.29. The zero-order chi connectivity index (χ0) is 9.64. The molecular formula is C13H15N. The molecule has 1 saturated heterocycles. The predicted molar refractivity (Wildman–Crippen MR) is 58.9 cm³/mol. The number of piperidine rings is 1. The molecule has 1 N–H and O–H groups in total. The summed E-state index contributed by atoms with van der Waals surface area (Å²) in [5.74, 6) is 7.10. The average molecular weight is 185 g/mol. The van der Waals surface area contributed by atoms with Crippen molar-refractivity contribution in [2.24, 2.45) is 5.92 Å². The van der Waals surface area contributed by atoms with Crippen molar-refractivity contribution in [3.05, 3.63) is 35.9 Å². The topological polar surface area (TPSA) is 12.0 Å². The first-order valence-electron chi connectivity index (χ1n) is 5.22. The summed E-state index contributed by atoms with van der Waals surface area (Å²) in [6, 6.07) is 10.2. The lowest BCUT2D eigenvalue weighted by molar-refractivity contribution is 0.449. The van der Waals surface area contributed by atoms with E-state index >= 15 is 0 Å². The molecule has 0 unspecified atom stereocenters. The molecule has 1 aromatic carbocycles. The van der Waals surface area contributed by atoms with Crippen molar-refractivity contribution >= 4 is 0 Å². The van der Waals surface area contributed by atoms with Gasteiger partial charge in [0.1, 0.15) is 0 Å². The Morgan fingerprint density at radius 1 is 1.21 bits per heavy atom. The number of nitrogens with one attached hydrogen (secondary N) is 1. The van der Waals surface area contributed by atoms with Crippen LogP contribution in [0.4, 0.5) is 0 Å². The first-order valence-corrected chi connectivity index (χ1v) is 5.22. The second-order valence-electron chi connectivity index (χ2n) is 3.68. The van der Waals surface area contributed by atoms with Crippen molar-refractivity contribution in [1.29, 1.82) is 0 Å². The fraction of sp³-hybridized carbons (Fsp3) is 0.385. The van der Waals surface area contributed by atoms with Gasteiger partial charge in [-0.3, -0.25) is 0 Å². The molecule has 72 valence electrons. The Labute approximate surface area is 85.5 Å². The summed E-state index contributed by atoms with van der Waals surface area (Å²) in [6.07, 6.45) is 2.50. The van der Waals surface area contributed by atoms with Gasteiger partial charge in [-0.1, -0.05) is 30.0 Å². The van der Waals surface area contributed by atoms with Crippen LogP contribution in [0.3, 0.4) is 0 Å². The van der Waals surface area contributed by atoms with Crippen LogP contribution in [0.1, 0.15) is 18.4 Å². The van der Waals surface area contributed by atoms with E-state index in [9.17, 15) is 0 Å². The first kappa shape index (κ1) is 9.30. The smallest absolute Gasteiger partial charge is 0.0331 e. The molecule has 0 aliphatic carbocycles. The van der Waals surface area contributed by atoms with Crippen molar-refractivity contribution in [1.82, 2.24) is 5.32 Å². The number of benzene rings is 1. The van der Waals surface area contributed by atoms with Crippen molar-refractivity contribution in [3.8, 4) is 11.8 Å². The third-order valence-corrected chi connectivity index (χ3v) is 2.49. The Hall–Kier alpha value is -1.26. The van der Waals surface area contributed by atoms with Crippen LogP contribution in [0.5, 0.6) is 0 Å². The van der Waals surface area contributed by atoms with Crippen LogP contribution < -0.4 is 5.32 Å². The van der Waals surface area contributed by atoms with Crippen molar-refractivity contribution in [2.75, 3.05) is 13.1 Å². The van der Waals surface area contributed by atoms with Gasteiger partial charge in [-0.05, 0) is 31.5 Å². The highest BCUT2D eigenvalue weighted by atomic mass is 14.9. The minimum atomic E-state index is 0.545. The van der Waals surface area contributed by atoms with Crippen LogP contribution in [0.15, 0.2) is 30.3 Å². The number of hydrogen-bond donors (Lipinski definition) is 1. The van der Waals surface area contributed by atoms with E-state index in [0.717, 1.165) is 18.7 Å². The lowest BCUT2D eigenvalue weighted by atomic mass is 10.00. The monoisotopic (exact) mass is 185 g/mol. The highest BCUT2D eigenvalue weighted by Crippen LogP contribution is 2.08. The Morgan fingerprint density at radius 2 is 2.07 bits per heavy atom. The van der Waals surface area contributed by atoms with Gasteiger partial charge in [0.05, 0.1) is 0 Å². The maximum absolute atomic E-state index is 3.37. The second kappa shape index (κ2) is 4.83. The SMILES string of the molecule is C(#C[C@@H]1CCCNC1)c1ccccc1. The van der Waals surface area contributed by atoms with Gasteiger partial charge in [0.2, 0.25) is 0 Å². The van der Waals surface area contributed by atoms with Gasteiger partial charge in [0.25, 0.3) is 0 Å². The third-order valence-electron chi connectivity index (χ3n) is 2.49. The highest BCUT2D eigenvalue weighted by molar-refractivity contribution is 5.34. The zero-order valence-corrected chi connectivity index (χ0v) is 8.29. The molecule has 14 heavy (non-hydrogen) atoms. The molecule has 0 aromatic heterocycles. The third kappa shape index (κ3) is 2.61. The molecule has 1 fully saturated rings. The fourth-order valence-corrected chi connectivity index (χ4v) is 1.68. The van der Waals surface area contributed by atoms with E-state index in [1.165, 1.54) is 12.8 Å². The van der Waals surface area contributed by atoms with Crippen LogP contribution in [-0.2, 0) is 0 Å². The fourth-order valence-electron chi connectivity index (χ4n) is 1.68. The van der Waals surface area contributed by atoms with Gasteiger partial charge in [0, 0.05) is 18.0 Å². The molecule has 0 radical (unpaired) electrons. The predicted octanol–water partition coefficient (Wildman–Crippen LogP) is 2.04. The van der Waals surface area contributed by atoms with E-state index in [1.54, 1.807) is 0 Å². The Kier molecular flexibility index (Phi) is 3.21. The molecule has 1 heterocycles. The standard InChI is InChI=1S/C13H15N/c1-2-5-12(6-3-1)8-9-13-7-4-10-14-11-13/h1-3,5-6,13-14H,4,7,10-11H2/t13-/m0/s1. The molecule has 2 rings (SSSR count). The zero-order valence-electron chi connectivity index (χ0n) is 8.29. The second-order valence-corrected chi connectivity index (χ2v) is 3.68. The minimum Gasteiger partial charge on any atom is -0.316 e. The molecule has 1 heteroatoms. The van der Waals surface area contributed by atoms with Crippen LogP contribution in [0, 0.1) is 17.8 Å². The first-order chi connectivity index (χ1) is 6.95. The van der Waals surface area contributed by atoms with Crippen molar-refractivity contribution in [2.45, 2.75) is 12.8 Å². The van der Waals surface area contributed by atoms with Gasteiger partial charge in [-0.25, -0.2) is 0 Å². The summed E-state index contributed by atoms with van der Waals surface area (Å²) < 4.78 is 0. The minimum absolute atomic E-state index is 0.545. The lowest BCUT2D eigenvalue weighted by Crippen LogP contribution is -2.28. The molecular weight excluding hydrogens is 170 g/mol. The molecule has 1 aliphatic heterocycles. The van der Waals surface area contributed by atoms with E-state index in [4.69, 9.17) is 0 Å². The van der Waals surface area contributed by atoms with Gasteiger partial charge in [-0.15, -0.1) is 0 Å². The summed E-state index contributed by atoms with van der Waals surface area (Å²) in [5.41, 5.74) is 1.12. The van der Waals surface area contributed by atoms with Gasteiger partial charge in [-0.2, -0.15) is 0 Å². The molecule has 0 bridgehead atoms. The quantitative estimate of drug-likeness (QED) is 0.610. The molecule has 0 saturated carbocycles. The number of hydrogen-bond acceptors (Lipinski definition) is 1. The highest BCUT2D eigenvalue weighted by Gasteiger charge is 2.08. The van der Waals surface area contributed by atoms with Gasteiger partial charge >= 0.3 is 0 Å². The van der Waals surface area contributed by atoms with Gasteiger partial charge in [0.15, 0.2) is 0 Å². The van der Waals surface area contributed by atoms with E-state index in [0.29, 0.717) is 5.92 Å². The summed E-state index contributed by atoms with van der Waals surface area (Å²) in [7, 11) is 0. The Morgan fingerprint density at radius 3 is 2.79 bits per heavy atom. The normalized spacial score (nSPS) is 21.0. The maximum Gasteiger partial charge on any atom is 0.0331 e. The summed E-state index contributed by atoms with van der Waals surface area (Å²) >= 11 is 0. The molecule has 1 aliphatic rings. The van der Waals surface area contributed by atoms with Crippen LogP contribution in [0.2, 0.25) is 0 Å².